The number of carbonyl (C=O) groups excluding carboxylic acids is 1. The molecule has 1 aliphatic rings. The van der Waals surface area contributed by atoms with Gasteiger partial charge in [-0.25, -0.2) is 4.98 Å². The van der Waals surface area contributed by atoms with Crippen LogP contribution in [0.5, 0.6) is 0 Å². The van der Waals surface area contributed by atoms with E-state index in [0.717, 1.165) is 37.2 Å². The highest BCUT2D eigenvalue weighted by molar-refractivity contribution is 5.79. The zero-order valence-electron chi connectivity index (χ0n) is 14.2. The maximum absolute atomic E-state index is 11.4. The minimum Gasteiger partial charge on any atom is -0.368 e. The van der Waals surface area contributed by atoms with Crippen LogP contribution in [0.25, 0.3) is 11.0 Å². The first-order valence-corrected chi connectivity index (χ1v) is 8.16. The van der Waals surface area contributed by atoms with E-state index in [0.29, 0.717) is 24.6 Å². The zero-order chi connectivity index (χ0) is 16.6. The Hall–Kier alpha value is -1.95. The summed E-state index contributed by atoms with van der Waals surface area (Å²) >= 11 is 0. The number of nitrogens with zero attached hydrogens (tertiary/aromatic N) is 4. The van der Waals surface area contributed by atoms with E-state index in [1.54, 1.807) is 6.20 Å². The molecule has 1 fully saturated rings. The highest BCUT2D eigenvalue weighted by Crippen LogP contribution is 2.25. The Balaban J connectivity index is 1.94. The summed E-state index contributed by atoms with van der Waals surface area (Å²) in [5.74, 6) is 0.677. The minimum atomic E-state index is 0.137. The van der Waals surface area contributed by atoms with Crippen molar-refractivity contribution >= 4 is 22.8 Å². The molecule has 1 aliphatic heterocycles. The maximum Gasteiger partial charge on any atom is 0.221 e. The smallest absolute Gasteiger partial charge is 0.221 e. The molecular weight excluding hydrogens is 290 g/mol. The molecule has 2 N–H and O–H groups in total. The molecule has 0 aliphatic carbocycles. The van der Waals surface area contributed by atoms with Gasteiger partial charge in [-0.05, 0) is 11.5 Å². The predicted octanol–water partition coefficient (Wildman–Crippen LogP) is 2.22. The molecule has 0 atom stereocenters. The number of rotatable bonds is 3. The molecule has 2 aromatic heterocycles. The van der Waals surface area contributed by atoms with Crippen LogP contribution in [0.15, 0.2) is 12.3 Å². The first-order chi connectivity index (χ1) is 10.8. The van der Waals surface area contributed by atoms with Gasteiger partial charge in [-0.1, -0.05) is 20.8 Å². The van der Waals surface area contributed by atoms with E-state index in [2.05, 4.69) is 46.3 Å². The predicted molar refractivity (Wildman–Crippen MR) is 90.9 cm³/mol. The third-order valence-electron chi connectivity index (χ3n) is 4.17. The van der Waals surface area contributed by atoms with Gasteiger partial charge in [0.15, 0.2) is 0 Å². The van der Waals surface area contributed by atoms with Crippen molar-refractivity contribution in [2.24, 2.45) is 5.41 Å². The third-order valence-corrected chi connectivity index (χ3v) is 4.17. The molecule has 0 unspecified atom stereocenters. The second-order valence-corrected chi connectivity index (χ2v) is 7.60. The molecule has 0 amide bonds. The van der Waals surface area contributed by atoms with Crippen LogP contribution in [-0.4, -0.2) is 38.3 Å². The van der Waals surface area contributed by atoms with E-state index in [-0.39, 0.29) is 5.41 Å². The number of hydrogen-bond acceptors (Lipinski definition) is 5. The zero-order valence-corrected chi connectivity index (χ0v) is 14.2. The van der Waals surface area contributed by atoms with Gasteiger partial charge in [0, 0.05) is 56.3 Å². The summed E-state index contributed by atoms with van der Waals surface area (Å²) in [4.78, 5) is 22.3. The van der Waals surface area contributed by atoms with Crippen molar-refractivity contribution in [3.05, 3.63) is 18.0 Å². The topological polar surface area (TPSA) is 77.0 Å². The van der Waals surface area contributed by atoms with Gasteiger partial charge in [0.05, 0.1) is 0 Å². The Kier molecular flexibility index (Phi) is 4.10. The molecule has 1 saturated heterocycles. The van der Waals surface area contributed by atoms with Crippen molar-refractivity contribution < 1.29 is 4.79 Å². The molecule has 124 valence electrons. The molecular formula is C17H25N5O. The molecule has 0 spiro atoms. The fourth-order valence-corrected chi connectivity index (χ4v) is 3.08. The van der Waals surface area contributed by atoms with Crippen LogP contribution >= 0.6 is 0 Å². The van der Waals surface area contributed by atoms with Crippen molar-refractivity contribution in [1.29, 1.82) is 0 Å². The molecule has 6 nitrogen and oxygen atoms in total. The summed E-state index contributed by atoms with van der Waals surface area (Å²) in [6.07, 6.45) is 3.11. The molecule has 0 saturated carbocycles. The van der Waals surface area contributed by atoms with Gasteiger partial charge in [-0.15, -0.1) is 0 Å². The lowest BCUT2D eigenvalue weighted by atomic mass is 9.97. The fraction of sp³-hybridized carbons (Fsp3) is 0.588. The number of nitrogens with two attached hydrogens (primary N) is 1. The van der Waals surface area contributed by atoms with Crippen molar-refractivity contribution in [1.82, 2.24) is 19.4 Å². The van der Waals surface area contributed by atoms with Crippen LogP contribution in [0.4, 0.5) is 5.95 Å². The molecule has 0 aromatic carbocycles. The normalized spacial score (nSPS) is 17.1. The van der Waals surface area contributed by atoms with Crippen LogP contribution in [0.1, 0.15) is 39.3 Å². The van der Waals surface area contributed by atoms with Gasteiger partial charge in [0.1, 0.15) is 11.4 Å². The van der Waals surface area contributed by atoms with Crippen LogP contribution in [0.3, 0.4) is 0 Å². The summed E-state index contributed by atoms with van der Waals surface area (Å²) in [5, 5.41) is 1.02. The quantitative estimate of drug-likeness (QED) is 0.940. The summed E-state index contributed by atoms with van der Waals surface area (Å²) < 4.78 is 2.25. The highest BCUT2D eigenvalue weighted by Gasteiger charge is 2.21. The lowest BCUT2D eigenvalue weighted by molar-refractivity contribution is -0.121. The Morgan fingerprint density at radius 3 is 2.61 bits per heavy atom. The largest absolute Gasteiger partial charge is 0.368 e. The van der Waals surface area contributed by atoms with E-state index in [1.165, 1.54) is 5.69 Å². The second-order valence-electron chi connectivity index (χ2n) is 7.60. The molecule has 3 rings (SSSR count). The van der Waals surface area contributed by atoms with E-state index < -0.39 is 0 Å². The number of hydrogen-bond donors (Lipinski definition) is 1. The number of carbonyl (C=O) groups is 1. The summed E-state index contributed by atoms with van der Waals surface area (Å²) in [5.41, 5.74) is 8.03. The Morgan fingerprint density at radius 1 is 1.26 bits per heavy atom. The standard InChI is InChI=1S/C17H25N5O/c1-17(2,3)11-22-13(10-21-6-4-14(23)5-7-21)8-12-9-19-16(18)20-15(12)22/h8-9H,4-7,10-11H2,1-3H3,(H2,18,19,20). The van der Waals surface area contributed by atoms with Crippen molar-refractivity contribution in [2.75, 3.05) is 18.8 Å². The molecule has 0 radical (unpaired) electrons. The van der Waals surface area contributed by atoms with Gasteiger partial charge in [-0.2, -0.15) is 4.98 Å². The van der Waals surface area contributed by atoms with Crippen LogP contribution in [0, 0.1) is 5.41 Å². The number of ketones is 1. The maximum atomic E-state index is 11.4. The summed E-state index contributed by atoms with van der Waals surface area (Å²) in [6, 6.07) is 2.15. The van der Waals surface area contributed by atoms with E-state index >= 15 is 0 Å². The lowest BCUT2D eigenvalue weighted by Crippen LogP contribution is -2.34. The van der Waals surface area contributed by atoms with Crippen LogP contribution < -0.4 is 5.73 Å². The number of aromatic nitrogens is 3. The molecule has 0 bridgehead atoms. The number of anilines is 1. The number of likely N-dealkylation sites (tertiary alicyclic amines) is 1. The summed E-state index contributed by atoms with van der Waals surface area (Å²) in [7, 11) is 0. The van der Waals surface area contributed by atoms with Crippen LogP contribution in [-0.2, 0) is 17.9 Å². The monoisotopic (exact) mass is 315 g/mol. The minimum absolute atomic E-state index is 0.137. The first-order valence-electron chi connectivity index (χ1n) is 8.16. The Morgan fingerprint density at radius 2 is 1.96 bits per heavy atom. The molecule has 2 aromatic rings. The lowest BCUT2D eigenvalue weighted by Gasteiger charge is -2.27. The Labute approximate surface area is 136 Å². The van der Waals surface area contributed by atoms with E-state index in [1.807, 2.05) is 0 Å². The molecule has 6 heteroatoms. The van der Waals surface area contributed by atoms with Crippen LogP contribution in [0.2, 0.25) is 0 Å². The van der Waals surface area contributed by atoms with Gasteiger partial charge in [-0.3, -0.25) is 9.69 Å². The van der Waals surface area contributed by atoms with Crippen molar-refractivity contribution in [2.45, 2.75) is 46.7 Å². The molecule has 3 heterocycles. The highest BCUT2D eigenvalue weighted by atomic mass is 16.1. The SMILES string of the molecule is CC(C)(C)Cn1c(CN2CCC(=O)CC2)cc2cnc(N)nc21. The molecule has 23 heavy (non-hydrogen) atoms. The van der Waals surface area contributed by atoms with Crippen molar-refractivity contribution in [3.63, 3.8) is 0 Å². The summed E-state index contributed by atoms with van der Waals surface area (Å²) in [6.45, 7) is 10.0. The van der Waals surface area contributed by atoms with Crippen molar-refractivity contribution in [3.8, 4) is 0 Å². The van der Waals surface area contributed by atoms with E-state index in [4.69, 9.17) is 5.73 Å². The average molecular weight is 315 g/mol. The number of nitrogen functional groups attached to an aromatic ring is 1. The average Bonchev–Trinajstić information content (AvgIpc) is 2.77. The van der Waals surface area contributed by atoms with E-state index in [9.17, 15) is 4.79 Å². The third kappa shape index (κ3) is 3.69. The van der Waals surface area contributed by atoms with Gasteiger partial charge < -0.3 is 10.3 Å². The number of Topliss-reactive ketones (excluding diaryl/α,β-unsaturated/α-hetero) is 1. The number of fused-ring (bicyclic) bond motifs is 1. The van der Waals surface area contributed by atoms with Gasteiger partial charge >= 0.3 is 0 Å². The number of piperidine rings is 1. The van der Waals surface area contributed by atoms with Gasteiger partial charge in [0.25, 0.3) is 0 Å². The second kappa shape index (κ2) is 5.92. The first kappa shape index (κ1) is 15.9. The van der Waals surface area contributed by atoms with Gasteiger partial charge in [0.2, 0.25) is 5.95 Å². The fourth-order valence-electron chi connectivity index (χ4n) is 3.08. The Bertz CT molecular complexity index is 718.